The van der Waals surface area contributed by atoms with Crippen LogP contribution in [0.3, 0.4) is 0 Å². The maximum atomic E-state index is 8.93. The van der Waals surface area contributed by atoms with E-state index >= 15 is 0 Å². The second-order valence-electron chi connectivity index (χ2n) is 6.63. The van der Waals surface area contributed by atoms with E-state index in [1.165, 1.54) is 6.08 Å². The van der Waals surface area contributed by atoms with Gasteiger partial charge in [0.2, 0.25) is 5.95 Å². The minimum absolute atomic E-state index is 0.245. The lowest BCUT2D eigenvalue weighted by Crippen LogP contribution is -2.05. The lowest BCUT2D eigenvalue weighted by Gasteiger charge is -2.15. The van der Waals surface area contributed by atoms with Gasteiger partial charge in [0.15, 0.2) is 0 Å². The van der Waals surface area contributed by atoms with E-state index in [9.17, 15) is 0 Å². The van der Waals surface area contributed by atoms with Crippen molar-refractivity contribution in [2.24, 2.45) is 0 Å². The first-order valence-corrected chi connectivity index (χ1v) is 9.71. The van der Waals surface area contributed by atoms with Gasteiger partial charge in [-0.25, -0.2) is 4.98 Å². The van der Waals surface area contributed by atoms with Crippen molar-refractivity contribution < 1.29 is 0 Å². The van der Waals surface area contributed by atoms with Crippen LogP contribution in [0, 0.1) is 36.5 Å². The molecule has 0 fully saturated rings. The van der Waals surface area contributed by atoms with Crippen molar-refractivity contribution >= 4 is 40.8 Å². The van der Waals surface area contributed by atoms with Crippen LogP contribution >= 0.6 is 11.6 Å². The topological polar surface area (TPSA) is 97.4 Å². The highest BCUT2D eigenvalue weighted by atomic mass is 35.5. The van der Waals surface area contributed by atoms with Gasteiger partial charge in [-0.05, 0) is 73.0 Å². The van der Waals surface area contributed by atoms with Crippen molar-refractivity contribution in [2.75, 3.05) is 10.6 Å². The summed E-state index contributed by atoms with van der Waals surface area (Å²) in [6.45, 7) is 4.00. The molecule has 0 atom stereocenters. The molecule has 0 unspecified atom stereocenters. The van der Waals surface area contributed by atoms with Gasteiger partial charge in [-0.15, -0.1) is 11.6 Å². The van der Waals surface area contributed by atoms with Crippen LogP contribution in [0.15, 0.2) is 48.5 Å². The Hall–Kier alpha value is -3.87. The molecule has 0 amide bonds. The maximum absolute atomic E-state index is 8.93. The summed E-state index contributed by atoms with van der Waals surface area (Å²) in [4.78, 5) is 8.98. The standard InChI is InChI=1S/C23H19ClN6/c1-15-10-18(4-3-9-25)11-16(2)22(15)29-21-12-20(13-24)28-23(30-21)27-19-7-5-17(14-26)6-8-19/h3-8,10-12H,13H2,1-2H3,(H2,27,28,29,30)/b4-3+. The number of hydrogen-bond donors (Lipinski definition) is 2. The number of aromatic nitrogens is 2. The average molecular weight is 415 g/mol. The Bertz CT molecular complexity index is 1150. The summed E-state index contributed by atoms with van der Waals surface area (Å²) in [5.41, 5.74) is 5.98. The lowest BCUT2D eigenvalue weighted by molar-refractivity contribution is 1.09. The van der Waals surface area contributed by atoms with Gasteiger partial charge in [0.25, 0.3) is 0 Å². The van der Waals surface area contributed by atoms with Gasteiger partial charge in [0.1, 0.15) is 5.82 Å². The van der Waals surface area contributed by atoms with Gasteiger partial charge < -0.3 is 10.6 Å². The van der Waals surface area contributed by atoms with Crippen molar-refractivity contribution in [1.29, 1.82) is 10.5 Å². The smallest absolute Gasteiger partial charge is 0.229 e. The van der Waals surface area contributed by atoms with E-state index in [4.69, 9.17) is 22.1 Å². The van der Waals surface area contributed by atoms with Crippen LogP contribution in [0.1, 0.15) is 27.9 Å². The zero-order valence-corrected chi connectivity index (χ0v) is 17.3. The van der Waals surface area contributed by atoms with Crippen LogP contribution in [0.25, 0.3) is 6.08 Å². The largest absolute Gasteiger partial charge is 0.340 e. The lowest BCUT2D eigenvalue weighted by atomic mass is 10.0. The molecule has 6 nitrogen and oxygen atoms in total. The Kier molecular flexibility index (Phi) is 6.64. The van der Waals surface area contributed by atoms with Gasteiger partial charge in [-0.2, -0.15) is 15.5 Å². The average Bonchev–Trinajstić information content (AvgIpc) is 2.75. The zero-order chi connectivity index (χ0) is 21.5. The summed E-state index contributed by atoms with van der Waals surface area (Å²) >= 11 is 6.03. The molecule has 148 valence electrons. The summed E-state index contributed by atoms with van der Waals surface area (Å²) in [6.07, 6.45) is 3.24. The minimum Gasteiger partial charge on any atom is -0.340 e. The highest BCUT2D eigenvalue weighted by Gasteiger charge is 2.09. The van der Waals surface area contributed by atoms with E-state index < -0.39 is 0 Å². The molecule has 1 aromatic heterocycles. The van der Waals surface area contributed by atoms with Crippen molar-refractivity contribution in [1.82, 2.24) is 9.97 Å². The number of nitriles is 2. The molecule has 3 aromatic rings. The molecule has 7 heteroatoms. The molecule has 2 aromatic carbocycles. The normalized spacial score (nSPS) is 10.4. The van der Waals surface area contributed by atoms with Crippen molar-refractivity contribution in [3.05, 3.63) is 76.5 Å². The van der Waals surface area contributed by atoms with Crippen LogP contribution in [0.4, 0.5) is 23.1 Å². The third kappa shape index (κ3) is 5.14. The van der Waals surface area contributed by atoms with Crippen LogP contribution in [0.2, 0.25) is 0 Å². The molecule has 0 aliphatic rings. The van der Waals surface area contributed by atoms with E-state index in [0.717, 1.165) is 28.1 Å². The van der Waals surface area contributed by atoms with E-state index in [1.807, 2.05) is 32.0 Å². The van der Waals surface area contributed by atoms with Crippen LogP contribution < -0.4 is 10.6 Å². The van der Waals surface area contributed by atoms with Gasteiger partial charge in [-0.1, -0.05) is 0 Å². The number of nitrogens with one attached hydrogen (secondary N) is 2. The Morgan fingerprint density at radius 1 is 1.00 bits per heavy atom. The van der Waals surface area contributed by atoms with E-state index in [2.05, 4.69) is 26.7 Å². The number of aryl methyl sites for hydroxylation is 2. The number of anilines is 4. The van der Waals surface area contributed by atoms with Crippen molar-refractivity contribution in [2.45, 2.75) is 19.7 Å². The highest BCUT2D eigenvalue weighted by Crippen LogP contribution is 2.27. The molecular formula is C23H19ClN6. The SMILES string of the molecule is Cc1cc(/C=C/C#N)cc(C)c1Nc1cc(CCl)nc(Nc2ccc(C#N)cc2)n1. The van der Waals surface area contributed by atoms with Crippen LogP contribution in [-0.4, -0.2) is 9.97 Å². The fourth-order valence-electron chi connectivity index (χ4n) is 3.00. The molecule has 0 spiro atoms. The van der Waals surface area contributed by atoms with Crippen LogP contribution in [0.5, 0.6) is 0 Å². The fraction of sp³-hybridized carbons (Fsp3) is 0.130. The number of benzene rings is 2. The molecule has 1 heterocycles. The van der Waals surface area contributed by atoms with E-state index in [0.29, 0.717) is 23.0 Å². The molecule has 2 N–H and O–H groups in total. The first kappa shape index (κ1) is 20.9. The van der Waals surface area contributed by atoms with Gasteiger partial charge >= 0.3 is 0 Å². The molecular weight excluding hydrogens is 396 g/mol. The molecule has 0 saturated heterocycles. The monoisotopic (exact) mass is 414 g/mol. The number of alkyl halides is 1. The number of hydrogen-bond acceptors (Lipinski definition) is 6. The number of rotatable bonds is 6. The second-order valence-corrected chi connectivity index (χ2v) is 6.90. The third-order valence-electron chi connectivity index (χ3n) is 4.34. The van der Waals surface area contributed by atoms with Crippen molar-refractivity contribution in [3.63, 3.8) is 0 Å². The Labute approximate surface area is 180 Å². The molecule has 0 bridgehead atoms. The van der Waals surface area contributed by atoms with Crippen LogP contribution in [-0.2, 0) is 5.88 Å². The van der Waals surface area contributed by atoms with E-state index in [-0.39, 0.29) is 5.88 Å². The zero-order valence-electron chi connectivity index (χ0n) is 16.6. The van der Waals surface area contributed by atoms with Gasteiger partial charge in [0.05, 0.1) is 29.3 Å². The van der Waals surface area contributed by atoms with Gasteiger partial charge in [0, 0.05) is 23.5 Å². The summed E-state index contributed by atoms with van der Waals surface area (Å²) < 4.78 is 0. The predicted octanol–water partition coefficient (Wildman–Crippen LogP) is 5.73. The van der Waals surface area contributed by atoms with Crippen molar-refractivity contribution in [3.8, 4) is 12.1 Å². The number of allylic oxidation sites excluding steroid dienone is 1. The predicted molar refractivity (Wildman–Crippen MR) is 120 cm³/mol. The Morgan fingerprint density at radius 2 is 1.70 bits per heavy atom. The highest BCUT2D eigenvalue weighted by molar-refractivity contribution is 6.16. The summed E-state index contributed by atoms with van der Waals surface area (Å²) in [5, 5.41) is 24.2. The first-order chi connectivity index (χ1) is 14.5. The quantitative estimate of drug-likeness (QED) is 0.395. The molecule has 0 aliphatic heterocycles. The molecule has 3 rings (SSSR count). The summed E-state index contributed by atoms with van der Waals surface area (Å²) in [5.74, 6) is 1.27. The van der Waals surface area contributed by atoms with Gasteiger partial charge in [-0.3, -0.25) is 0 Å². The Balaban J connectivity index is 1.89. The minimum atomic E-state index is 0.245. The second kappa shape index (κ2) is 9.56. The first-order valence-electron chi connectivity index (χ1n) is 9.18. The maximum Gasteiger partial charge on any atom is 0.229 e. The Morgan fingerprint density at radius 3 is 2.30 bits per heavy atom. The molecule has 30 heavy (non-hydrogen) atoms. The molecule has 0 aliphatic carbocycles. The summed E-state index contributed by atoms with van der Waals surface area (Å²) in [6, 6.07) is 16.9. The number of halogens is 1. The molecule has 0 radical (unpaired) electrons. The fourth-order valence-corrected chi connectivity index (χ4v) is 3.13. The third-order valence-corrected chi connectivity index (χ3v) is 4.62. The molecule has 0 saturated carbocycles. The summed E-state index contributed by atoms with van der Waals surface area (Å²) in [7, 11) is 0. The van der Waals surface area contributed by atoms with E-state index in [1.54, 1.807) is 36.4 Å². The number of nitrogens with zero attached hydrogens (tertiary/aromatic N) is 4.